The van der Waals surface area contributed by atoms with Crippen LogP contribution in [-0.4, -0.2) is 47.2 Å². The van der Waals surface area contributed by atoms with E-state index in [1.165, 1.54) is 4.90 Å². The maximum absolute atomic E-state index is 12.2. The molecule has 0 saturated carbocycles. The van der Waals surface area contributed by atoms with Crippen LogP contribution >= 0.6 is 0 Å². The van der Waals surface area contributed by atoms with Crippen LogP contribution in [0.3, 0.4) is 0 Å². The number of piperidine rings is 1. The van der Waals surface area contributed by atoms with Crippen LogP contribution in [0.1, 0.15) is 39.0 Å². The van der Waals surface area contributed by atoms with Gasteiger partial charge in [-0.15, -0.1) is 0 Å². The van der Waals surface area contributed by atoms with Gasteiger partial charge in [0.25, 0.3) is 0 Å². The highest BCUT2D eigenvalue weighted by molar-refractivity contribution is 5.84. The van der Waals surface area contributed by atoms with Gasteiger partial charge in [-0.05, 0) is 31.6 Å². The molecule has 102 valence electrons. The van der Waals surface area contributed by atoms with Crippen molar-refractivity contribution in [1.29, 1.82) is 0 Å². The number of carbonyl (C=O) groups excluding carboxylic acids is 1. The molecule has 5 heteroatoms. The molecule has 0 aromatic carbocycles. The minimum atomic E-state index is -0.887. The van der Waals surface area contributed by atoms with Crippen LogP contribution < -0.4 is 0 Å². The summed E-state index contributed by atoms with van der Waals surface area (Å²) in [5, 5.41) is 9.21. The maximum atomic E-state index is 12.2. The first-order chi connectivity index (χ1) is 8.58. The summed E-state index contributed by atoms with van der Waals surface area (Å²) in [4.78, 5) is 24.9. The van der Waals surface area contributed by atoms with E-state index < -0.39 is 12.0 Å². The summed E-state index contributed by atoms with van der Waals surface area (Å²) in [5.74, 6) is -0.582. The highest BCUT2D eigenvalue weighted by atomic mass is 16.5. The number of hydrogen-bond donors (Lipinski definition) is 1. The average molecular weight is 255 g/mol. The van der Waals surface area contributed by atoms with Crippen molar-refractivity contribution in [1.82, 2.24) is 4.90 Å². The van der Waals surface area contributed by atoms with Crippen molar-refractivity contribution in [3.63, 3.8) is 0 Å². The van der Waals surface area contributed by atoms with Gasteiger partial charge < -0.3 is 14.7 Å². The van der Waals surface area contributed by atoms with Crippen LogP contribution in [0.4, 0.5) is 0 Å². The zero-order chi connectivity index (χ0) is 13.1. The molecular weight excluding hydrogens is 234 g/mol. The highest BCUT2D eigenvalue weighted by Gasteiger charge is 2.35. The van der Waals surface area contributed by atoms with Crippen LogP contribution in [0, 0.1) is 5.92 Å². The number of nitrogens with zero attached hydrogens (tertiary/aromatic N) is 1. The molecule has 2 heterocycles. The lowest BCUT2D eigenvalue weighted by Gasteiger charge is -2.36. The summed E-state index contributed by atoms with van der Waals surface area (Å²) in [6.07, 6.45) is 3.68. The van der Waals surface area contributed by atoms with Gasteiger partial charge in [-0.1, -0.05) is 6.92 Å². The minimum Gasteiger partial charge on any atom is -0.480 e. The third-order valence-electron chi connectivity index (χ3n) is 3.90. The van der Waals surface area contributed by atoms with Crippen molar-refractivity contribution in [2.24, 2.45) is 5.92 Å². The molecular formula is C13H21NO4. The smallest absolute Gasteiger partial charge is 0.326 e. The van der Waals surface area contributed by atoms with Gasteiger partial charge in [0.15, 0.2) is 0 Å². The zero-order valence-corrected chi connectivity index (χ0v) is 10.8. The number of rotatable bonds is 3. The van der Waals surface area contributed by atoms with Gasteiger partial charge in [0.2, 0.25) is 5.91 Å². The summed E-state index contributed by atoms with van der Waals surface area (Å²) < 4.78 is 5.44. The highest BCUT2D eigenvalue weighted by Crippen LogP contribution is 2.25. The van der Waals surface area contributed by atoms with Crippen LogP contribution in [0.15, 0.2) is 0 Å². The van der Waals surface area contributed by atoms with Gasteiger partial charge in [-0.25, -0.2) is 4.79 Å². The topological polar surface area (TPSA) is 66.8 Å². The van der Waals surface area contributed by atoms with Crippen molar-refractivity contribution in [2.75, 3.05) is 13.2 Å². The lowest BCUT2D eigenvalue weighted by molar-refractivity contribution is -0.154. The molecule has 0 aromatic heterocycles. The molecule has 3 atom stereocenters. The second-order valence-corrected chi connectivity index (χ2v) is 5.41. The van der Waals surface area contributed by atoms with Crippen molar-refractivity contribution in [3.05, 3.63) is 0 Å². The zero-order valence-electron chi connectivity index (χ0n) is 10.8. The SMILES string of the molecule is CC1CCN(C(=O)CC2CCCO2)C(C(=O)O)C1. The van der Waals surface area contributed by atoms with Crippen LogP contribution in [0.25, 0.3) is 0 Å². The largest absolute Gasteiger partial charge is 0.480 e. The summed E-state index contributed by atoms with van der Waals surface area (Å²) in [5.41, 5.74) is 0. The predicted octanol–water partition coefficient (Wildman–Crippen LogP) is 1.27. The third kappa shape index (κ3) is 3.02. The average Bonchev–Trinajstić information content (AvgIpc) is 2.81. The second-order valence-electron chi connectivity index (χ2n) is 5.41. The van der Waals surface area contributed by atoms with E-state index in [9.17, 15) is 14.7 Å². The number of carboxylic acid groups (broad SMARTS) is 1. The van der Waals surface area contributed by atoms with Crippen molar-refractivity contribution < 1.29 is 19.4 Å². The maximum Gasteiger partial charge on any atom is 0.326 e. The molecule has 0 aromatic rings. The molecule has 0 aliphatic carbocycles. The van der Waals surface area contributed by atoms with Crippen LogP contribution in [-0.2, 0) is 14.3 Å². The van der Waals surface area contributed by atoms with Crippen molar-refractivity contribution in [3.8, 4) is 0 Å². The van der Waals surface area contributed by atoms with E-state index in [-0.39, 0.29) is 12.0 Å². The fraction of sp³-hybridized carbons (Fsp3) is 0.846. The fourth-order valence-electron chi connectivity index (χ4n) is 2.79. The normalized spacial score (nSPS) is 32.5. The Labute approximate surface area is 107 Å². The van der Waals surface area contributed by atoms with Gasteiger partial charge in [0.1, 0.15) is 6.04 Å². The van der Waals surface area contributed by atoms with E-state index >= 15 is 0 Å². The predicted molar refractivity (Wildman–Crippen MR) is 65.1 cm³/mol. The lowest BCUT2D eigenvalue weighted by Crippen LogP contribution is -2.50. The molecule has 1 N–H and O–H groups in total. The fourth-order valence-corrected chi connectivity index (χ4v) is 2.79. The Kier molecular flexibility index (Phi) is 4.22. The molecule has 2 aliphatic heterocycles. The molecule has 3 unspecified atom stereocenters. The minimum absolute atomic E-state index is 0.00806. The molecule has 0 spiro atoms. The molecule has 1 amide bonds. The molecule has 2 fully saturated rings. The molecule has 2 rings (SSSR count). The number of likely N-dealkylation sites (tertiary alicyclic amines) is 1. The number of amides is 1. The van der Waals surface area contributed by atoms with Crippen molar-refractivity contribution in [2.45, 2.75) is 51.2 Å². The van der Waals surface area contributed by atoms with E-state index in [0.717, 1.165) is 25.9 Å². The lowest BCUT2D eigenvalue weighted by atomic mass is 9.92. The first-order valence-electron chi connectivity index (χ1n) is 6.72. The third-order valence-corrected chi connectivity index (χ3v) is 3.90. The van der Waals surface area contributed by atoms with E-state index in [4.69, 9.17) is 4.74 Å². The molecule has 5 nitrogen and oxygen atoms in total. The number of ether oxygens (including phenoxy) is 1. The summed E-state index contributed by atoms with van der Waals surface area (Å²) in [6.45, 7) is 3.32. The Balaban J connectivity index is 1.95. The Morgan fingerprint density at radius 2 is 2.17 bits per heavy atom. The first-order valence-corrected chi connectivity index (χ1v) is 6.72. The van der Waals surface area contributed by atoms with Crippen LogP contribution in [0.2, 0.25) is 0 Å². The van der Waals surface area contributed by atoms with Gasteiger partial charge >= 0.3 is 5.97 Å². The first kappa shape index (κ1) is 13.3. The summed E-state index contributed by atoms with van der Waals surface area (Å²) in [7, 11) is 0. The van der Waals surface area contributed by atoms with Gasteiger partial charge in [-0.3, -0.25) is 4.79 Å². The molecule has 18 heavy (non-hydrogen) atoms. The molecule has 2 aliphatic rings. The standard InChI is InChI=1S/C13H21NO4/c1-9-4-5-14(11(7-9)13(16)17)12(15)8-10-3-2-6-18-10/h9-11H,2-8H2,1H3,(H,16,17). The quantitative estimate of drug-likeness (QED) is 0.824. The van der Waals surface area contributed by atoms with Gasteiger partial charge in [0.05, 0.1) is 12.5 Å². The Hall–Kier alpha value is -1.10. The second kappa shape index (κ2) is 5.69. The van der Waals surface area contributed by atoms with E-state index in [0.29, 0.717) is 25.3 Å². The summed E-state index contributed by atoms with van der Waals surface area (Å²) >= 11 is 0. The molecule has 0 radical (unpaired) electrons. The Bertz CT molecular complexity index is 325. The van der Waals surface area contributed by atoms with Gasteiger partial charge in [-0.2, -0.15) is 0 Å². The molecule has 2 saturated heterocycles. The number of carboxylic acids is 1. The number of aliphatic carboxylic acids is 1. The monoisotopic (exact) mass is 255 g/mol. The van der Waals surface area contributed by atoms with E-state index in [1.807, 2.05) is 6.92 Å². The number of carbonyl (C=O) groups is 2. The van der Waals surface area contributed by atoms with Crippen molar-refractivity contribution >= 4 is 11.9 Å². The summed E-state index contributed by atoms with van der Waals surface area (Å²) in [6, 6.07) is -0.650. The van der Waals surface area contributed by atoms with Gasteiger partial charge in [0, 0.05) is 13.2 Å². The Morgan fingerprint density at radius 3 is 2.78 bits per heavy atom. The number of hydrogen-bond acceptors (Lipinski definition) is 3. The Morgan fingerprint density at radius 1 is 1.39 bits per heavy atom. The van der Waals surface area contributed by atoms with Crippen LogP contribution in [0.5, 0.6) is 0 Å². The molecule has 0 bridgehead atoms. The van der Waals surface area contributed by atoms with E-state index in [2.05, 4.69) is 0 Å². The van der Waals surface area contributed by atoms with E-state index in [1.54, 1.807) is 0 Å².